The molecule has 0 saturated heterocycles. The quantitative estimate of drug-likeness (QED) is 0.207. The number of ether oxygens (including phenoxy) is 3. The summed E-state index contributed by atoms with van der Waals surface area (Å²) < 4.78 is 74.4. The van der Waals surface area contributed by atoms with Crippen molar-refractivity contribution in [3.05, 3.63) is 64.2 Å². The van der Waals surface area contributed by atoms with E-state index in [-0.39, 0.29) is 30.1 Å². The molecule has 0 unspecified atom stereocenters. The van der Waals surface area contributed by atoms with Gasteiger partial charge in [-0.15, -0.1) is 0 Å². The highest BCUT2D eigenvalue weighted by molar-refractivity contribution is 5.75. The second-order valence-corrected chi connectivity index (χ2v) is 10.0. The van der Waals surface area contributed by atoms with Crippen LogP contribution in [0.2, 0.25) is 0 Å². The topological polar surface area (TPSA) is 44.8 Å². The third kappa shape index (κ3) is 6.17. The Bertz CT molecular complexity index is 1090. The van der Waals surface area contributed by atoms with Crippen molar-refractivity contribution in [2.24, 2.45) is 5.92 Å². The minimum Gasteiger partial charge on any atom is -0.423 e. The molecular weight excluding hydrogens is 488 g/mol. The molecule has 4 nitrogen and oxygen atoms in total. The van der Waals surface area contributed by atoms with Crippen molar-refractivity contribution < 1.29 is 36.6 Å². The Hall–Kier alpha value is -2.45. The van der Waals surface area contributed by atoms with Gasteiger partial charge in [-0.3, -0.25) is 4.79 Å². The number of esters is 1. The molecule has 0 atom stereocenters. The Morgan fingerprint density at radius 3 is 1.89 bits per heavy atom. The van der Waals surface area contributed by atoms with Crippen LogP contribution in [0.1, 0.15) is 86.8 Å². The molecule has 4 rings (SSSR count). The van der Waals surface area contributed by atoms with Crippen molar-refractivity contribution in [3.8, 4) is 5.75 Å². The molecule has 0 amide bonds. The van der Waals surface area contributed by atoms with Crippen molar-refractivity contribution in [2.45, 2.75) is 82.8 Å². The summed E-state index contributed by atoms with van der Waals surface area (Å²) in [6.07, 6.45) is 5.09. The van der Waals surface area contributed by atoms with Gasteiger partial charge in [0.25, 0.3) is 0 Å². The molecule has 0 aliphatic heterocycles. The Balaban J connectivity index is 1.35. The summed E-state index contributed by atoms with van der Waals surface area (Å²) in [5.74, 6) is -5.78. The fourth-order valence-electron chi connectivity index (χ4n) is 5.63. The van der Waals surface area contributed by atoms with E-state index in [1.165, 1.54) is 12.1 Å². The molecule has 2 aromatic carbocycles. The van der Waals surface area contributed by atoms with Crippen LogP contribution in [-0.4, -0.2) is 25.8 Å². The standard InChI is InChI=1S/C29H34F4O4/c1-3-36-16-20-10-15-24(28(33)25(20)30)37-29(34)19-6-4-17(5-7-19)22-13-14-23(27(32)26(22)31)18-8-11-21(35-2)12-9-18/h10,13-15,17-19,21H,3-9,11-12,16H2,1-2H3. The first kappa shape index (κ1) is 27.6. The number of rotatable bonds is 8. The normalized spacial score (nSPS) is 24.2. The molecule has 202 valence electrons. The van der Waals surface area contributed by atoms with E-state index in [4.69, 9.17) is 14.2 Å². The fourth-order valence-corrected chi connectivity index (χ4v) is 5.63. The van der Waals surface area contributed by atoms with Gasteiger partial charge in [0.05, 0.1) is 18.6 Å². The van der Waals surface area contributed by atoms with Crippen LogP contribution < -0.4 is 4.74 Å². The summed E-state index contributed by atoms with van der Waals surface area (Å²) in [7, 11) is 1.67. The molecule has 8 heteroatoms. The van der Waals surface area contributed by atoms with Gasteiger partial charge in [0.15, 0.2) is 23.2 Å². The van der Waals surface area contributed by atoms with Crippen molar-refractivity contribution in [2.75, 3.05) is 13.7 Å². The number of benzene rings is 2. The largest absolute Gasteiger partial charge is 0.423 e. The summed E-state index contributed by atoms with van der Waals surface area (Å²) in [6, 6.07) is 5.94. The summed E-state index contributed by atoms with van der Waals surface area (Å²) in [5, 5.41) is 0. The predicted octanol–water partition coefficient (Wildman–Crippen LogP) is 7.33. The van der Waals surface area contributed by atoms with Gasteiger partial charge in [-0.05, 0) is 93.4 Å². The SMILES string of the molecule is CCOCc1ccc(OC(=O)C2CCC(c3ccc(C4CCC(OC)CC4)c(F)c3F)CC2)c(F)c1F. The van der Waals surface area contributed by atoms with Crippen molar-refractivity contribution in [1.29, 1.82) is 0 Å². The monoisotopic (exact) mass is 522 g/mol. The van der Waals surface area contributed by atoms with Crippen LogP contribution in [0.3, 0.4) is 0 Å². The molecule has 0 heterocycles. The number of halogens is 4. The van der Waals surface area contributed by atoms with Crippen LogP contribution in [0.5, 0.6) is 5.75 Å². The lowest BCUT2D eigenvalue weighted by molar-refractivity contribution is -0.140. The third-order valence-corrected chi connectivity index (χ3v) is 7.89. The summed E-state index contributed by atoms with van der Waals surface area (Å²) in [6.45, 7) is 2.02. The molecule has 37 heavy (non-hydrogen) atoms. The van der Waals surface area contributed by atoms with Crippen LogP contribution >= 0.6 is 0 Å². The highest BCUT2D eigenvalue weighted by Crippen LogP contribution is 2.41. The third-order valence-electron chi connectivity index (χ3n) is 7.89. The van der Waals surface area contributed by atoms with Crippen LogP contribution in [0.15, 0.2) is 24.3 Å². The molecular formula is C29H34F4O4. The van der Waals surface area contributed by atoms with E-state index < -0.39 is 40.9 Å². The Kier molecular flexibility index (Phi) is 9.24. The van der Waals surface area contributed by atoms with Crippen molar-refractivity contribution in [1.82, 2.24) is 0 Å². The maximum absolute atomic E-state index is 15.1. The van der Waals surface area contributed by atoms with E-state index in [1.54, 1.807) is 26.2 Å². The average Bonchev–Trinajstić information content (AvgIpc) is 2.92. The van der Waals surface area contributed by atoms with Crippen molar-refractivity contribution in [3.63, 3.8) is 0 Å². The zero-order chi connectivity index (χ0) is 26.5. The Labute approximate surface area is 215 Å². The van der Waals surface area contributed by atoms with E-state index >= 15 is 8.78 Å². The fraction of sp³-hybridized carbons (Fsp3) is 0.552. The zero-order valence-corrected chi connectivity index (χ0v) is 21.3. The summed E-state index contributed by atoms with van der Waals surface area (Å²) in [5.41, 5.74) is 0.800. The molecule has 0 aromatic heterocycles. The van der Waals surface area contributed by atoms with E-state index in [9.17, 15) is 13.6 Å². The number of carbonyl (C=O) groups is 1. The Morgan fingerprint density at radius 2 is 1.35 bits per heavy atom. The summed E-state index contributed by atoms with van der Waals surface area (Å²) >= 11 is 0. The van der Waals surface area contributed by atoms with Gasteiger partial charge in [-0.1, -0.05) is 12.1 Å². The van der Waals surface area contributed by atoms with Gasteiger partial charge in [-0.25, -0.2) is 13.2 Å². The Morgan fingerprint density at radius 1 is 0.784 bits per heavy atom. The number of hydrogen-bond donors (Lipinski definition) is 0. The second-order valence-electron chi connectivity index (χ2n) is 10.0. The van der Waals surface area contributed by atoms with Crippen LogP contribution in [0.25, 0.3) is 0 Å². The maximum atomic E-state index is 15.1. The number of carbonyl (C=O) groups excluding carboxylic acids is 1. The smallest absolute Gasteiger partial charge is 0.314 e. The predicted molar refractivity (Wildman–Crippen MR) is 130 cm³/mol. The molecule has 2 aliphatic carbocycles. The highest BCUT2D eigenvalue weighted by Gasteiger charge is 2.32. The summed E-state index contributed by atoms with van der Waals surface area (Å²) in [4.78, 5) is 12.6. The number of hydrogen-bond acceptors (Lipinski definition) is 4. The molecule has 0 radical (unpaired) electrons. The minimum absolute atomic E-state index is 0.0149. The minimum atomic E-state index is -1.23. The molecule has 2 aliphatic rings. The molecule has 0 spiro atoms. The second kappa shape index (κ2) is 12.4. The first-order valence-corrected chi connectivity index (χ1v) is 13.1. The highest BCUT2D eigenvalue weighted by atomic mass is 19.2. The molecule has 2 fully saturated rings. The van der Waals surface area contributed by atoms with E-state index in [1.807, 2.05) is 0 Å². The maximum Gasteiger partial charge on any atom is 0.314 e. The average molecular weight is 523 g/mol. The first-order valence-electron chi connectivity index (χ1n) is 13.1. The lowest BCUT2D eigenvalue weighted by Gasteiger charge is -2.30. The molecule has 0 N–H and O–H groups in total. The van der Waals surface area contributed by atoms with E-state index in [0.29, 0.717) is 43.4 Å². The lowest BCUT2D eigenvalue weighted by atomic mass is 9.77. The molecule has 2 aromatic rings. The van der Waals surface area contributed by atoms with Gasteiger partial charge < -0.3 is 14.2 Å². The molecule has 0 bridgehead atoms. The van der Waals surface area contributed by atoms with Gasteiger partial charge >= 0.3 is 5.97 Å². The van der Waals surface area contributed by atoms with Crippen LogP contribution in [-0.2, 0) is 20.9 Å². The van der Waals surface area contributed by atoms with E-state index in [2.05, 4.69) is 0 Å². The first-order chi connectivity index (χ1) is 17.8. The number of methoxy groups -OCH3 is 1. The van der Waals surface area contributed by atoms with Crippen LogP contribution in [0, 0.1) is 29.2 Å². The lowest BCUT2D eigenvalue weighted by Crippen LogP contribution is -2.26. The van der Waals surface area contributed by atoms with E-state index in [0.717, 1.165) is 25.7 Å². The zero-order valence-electron chi connectivity index (χ0n) is 21.3. The van der Waals surface area contributed by atoms with Gasteiger partial charge in [0.2, 0.25) is 5.82 Å². The van der Waals surface area contributed by atoms with Crippen LogP contribution in [0.4, 0.5) is 17.6 Å². The van der Waals surface area contributed by atoms with Gasteiger partial charge in [-0.2, -0.15) is 4.39 Å². The van der Waals surface area contributed by atoms with Gasteiger partial charge in [0, 0.05) is 19.3 Å². The van der Waals surface area contributed by atoms with Gasteiger partial charge in [0.1, 0.15) is 0 Å². The molecule has 2 saturated carbocycles. The van der Waals surface area contributed by atoms with Crippen molar-refractivity contribution >= 4 is 5.97 Å².